The first kappa shape index (κ1) is 11.6. The third-order valence-electron chi connectivity index (χ3n) is 2.99. The predicted molar refractivity (Wildman–Crippen MR) is 68.3 cm³/mol. The molecule has 3 rings (SSSR count). The Hall–Kier alpha value is -2.50. The first-order valence-corrected chi connectivity index (χ1v) is 5.85. The van der Waals surface area contributed by atoms with Gasteiger partial charge in [0.2, 0.25) is 0 Å². The molecule has 6 heteroatoms. The molecule has 0 radical (unpaired) electrons. The third kappa shape index (κ3) is 1.91. The van der Waals surface area contributed by atoms with Crippen LogP contribution in [0.2, 0.25) is 0 Å². The molecule has 0 fully saturated rings. The third-order valence-corrected chi connectivity index (χ3v) is 2.99. The van der Waals surface area contributed by atoms with Crippen molar-refractivity contribution in [2.24, 2.45) is 7.05 Å². The van der Waals surface area contributed by atoms with E-state index in [2.05, 4.69) is 0 Å². The lowest BCUT2D eigenvalue weighted by atomic mass is 10.2. The smallest absolute Gasteiger partial charge is 0.335 e. The summed E-state index contributed by atoms with van der Waals surface area (Å²) in [4.78, 5) is 23.4. The number of aromatic nitrogens is 2. The molecular formula is C13H12N2O4. The number of benzene rings is 1. The van der Waals surface area contributed by atoms with Crippen LogP contribution < -0.4 is 20.7 Å². The number of hydrogen-bond acceptors (Lipinski definition) is 4. The molecule has 0 N–H and O–H groups in total. The molecule has 2 heterocycles. The highest BCUT2D eigenvalue weighted by molar-refractivity contribution is 5.49. The molecular weight excluding hydrogens is 248 g/mol. The Balaban J connectivity index is 2.15. The molecule has 0 saturated heterocycles. The van der Waals surface area contributed by atoms with Gasteiger partial charge in [-0.2, -0.15) is 0 Å². The van der Waals surface area contributed by atoms with Crippen molar-refractivity contribution in [2.45, 2.75) is 0 Å². The zero-order valence-electron chi connectivity index (χ0n) is 10.3. The fourth-order valence-electron chi connectivity index (χ4n) is 1.95. The van der Waals surface area contributed by atoms with Crippen molar-refractivity contribution in [2.75, 3.05) is 13.2 Å². The maximum Gasteiger partial charge on any atom is 0.335 e. The molecule has 1 aromatic carbocycles. The zero-order chi connectivity index (χ0) is 13.4. The highest BCUT2D eigenvalue weighted by atomic mass is 16.6. The summed E-state index contributed by atoms with van der Waals surface area (Å²) in [7, 11) is 1.44. The zero-order valence-corrected chi connectivity index (χ0v) is 10.3. The summed E-state index contributed by atoms with van der Waals surface area (Å²) < 4.78 is 13.3. The van der Waals surface area contributed by atoms with Crippen LogP contribution in [-0.2, 0) is 7.05 Å². The van der Waals surface area contributed by atoms with E-state index in [9.17, 15) is 9.59 Å². The van der Waals surface area contributed by atoms with Gasteiger partial charge < -0.3 is 9.47 Å². The summed E-state index contributed by atoms with van der Waals surface area (Å²) in [6.45, 7) is 1.00. The van der Waals surface area contributed by atoms with Gasteiger partial charge in [-0.05, 0) is 12.1 Å². The normalized spacial score (nSPS) is 13.3. The molecule has 0 bridgehead atoms. The SMILES string of the molecule is Cn1c(=O)ccn(-c2ccc3c(c2)OCCO3)c1=O. The van der Waals surface area contributed by atoms with E-state index in [1.807, 2.05) is 0 Å². The van der Waals surface area contributed by atoms with Crippen molar-refractivity contribution >= 4 is 0 Å². The lowest BCUT2D eigenvalue weighted by Gasteiger charge is -2.19. The second-order valence-electron chi connectivity index (χ2n) is 4.19. The van der Waals surface area contributed by atoms with Gasteiger partial charge in [0.15, 0.2) is 11.5 Å². The summed E-state index contributed by atoms with van der Waals surface area (Å²) in [5, 5.41) is 0. The first-order valence-electron chi connectivity index (χ1n) is 5.85. The van der Waals surface area contributed by atoms with Crippen molar-refractivity contribution in [3.05, 3.63) is 51.3 Å². The molecule has 1 aromatic heterocycles. The fraction of sp³-hybridized carbons (Fsp3) is 0.231. The Kier molecular flexibility index (Phi) is 2.63. The minimum absolute atomic E-state index is 0.334. The van der Waals surface area contributed by atoms with Crippen molar-refractivity contribution < 1.29 is 9.47 Å². The summed E-state index contributed by atoms with van der Waals surface area (Å²) in [6.07, 6.45) is 1.45. The fourth-order valence-corrected chi connectivity index (χ4v) is 1.95. The van der Waals surface area contributed by atoms with E-state index < -0.39 is 5.69 Å². The number of ether oxygens (including phenoxy) is 2. The molecule has 19 heavy (non-hydrogen) atoms. The average molecular weight is 260 g/mol. The van der Waals surface area contributed by atoms with Gasteiger partial charge in [0.1, 0.15) is 13.2 Å². The maximum atomic E-state index is 12.0. The second kappa shape index (κ2) is 4.31. The van der Waals surface area contributed by atoms with E-state index >= 15 is 0 Å². The quantitative estimate of drug-likeness (QED) is 0.740. The molecule has 98 valence electrons. The van der Waals surface area contributed by atoms with E-state index in [4.69, 9.17) is 9.47 Å². The molecule has 0 saturated carbocycles. The van der Waals surface area contributed by atoms with Crippen LogP contribution in [0.4, 0.5) is 0 Å². The van der Waals surface area contributed by atoms with Gasteiger partial charge in [-0.1, -0.05) is 0 Å². The predicted octanol–water partition coefficient (Wildman–Crippen LogP) is 0.307. The Morgan fingerprint density at radius 1 is 1.05 bits per heavy atom. The highest BCUT2D eigenvalue weighted by Crippen LogP contribution is 2.31. The topological polar surface area (TPSA) is 62.5 Å². The highest BCUT2D eigenvalue weighted by Gasteiger charge is 2.13. The summed E-state index contributed by atoms with van der Waals surface area (Å²) in [6, 6.07) is 6.57. The molecule has 0 atom stereocenters. The van der Waals surface area contributed by atoms with Crippen molar-refractivity contribution in [3.63, 3.8) is 0 Å². The van der Waals surface area contributed by atoms with Gasteiger partial charge >= 0.3 is 5.69 Å². The van der Waals surface area contributed by atoms with Gasteiger partial charge in [0.05, 0.1) is 5.69 Å². The molecule has 6 nitrogen and oxygen atoms in total. The van der Waals surface area contributed by atoms with Gasteiger partial charge in [-0.15, -0.1) is 0 Å². The molecule has 0 aliphatic carbocycles. The largest absolute Gasteiger partial charge is 0.486 e. The van der Waals surface area contributed by atoms with Gasteiger partial charge in [-0.25, -0.2) is 4.79 Å². The van der Waals surface area contributed by atoms with Crippen molar-refractivity contribution in [3.8, 4) is 17.2 Å². The monoisotopic (exact) mass is 260 g/mol. The van der Waals surface area contributed by atoms with E-state index in [0.717, 1.165) is 4.57 Å². The van der Waals surface area contributed by atoms with Crippen LogP contribution in [0.5, 0.6) is 11.5 Å². The summed E-state index contributed by atoms with van der Waals surface area (Å²) in [5.74, 6) is 1.26. The number of fused-ring (bicyclic) bond motifs is 1. The van der Waals surface area contributed by atoms with Crippen LogP contribution in [-0.4, -0.2) is 22.3 Å². The Labute approximate surface area is 108 Å². The number of rotatable bonds is 1. The van der Waals surface area contributed by atoms with Crippen LogP contribution in [0.25, 0.3) is 5.69 Å². The minimum Gasteiger partial charge on any atom is -0.486 e. The van der Waals surface area contributed by atoms with Crippen LogP contribution >= 0.6 is 0 Å². The Bertz CT molecular complexity index is 745. The molecule has 1 aliphatic heterocycles. The lowest BCUT2D eigenvalue weighted by Crippen LogP contribution is -2.36. The van der Waals surface area contributed by atoms with E-state index in [1.165, 1.54) is 23.9 Å². The average Bonchev–Trinajstić information content (AvgIpc) is 2.44. The molecule has 0 unspecified atom stereocenters. The lowest BCUT2D eigenvalue weighted by molar-refractivity contribution is 0.171. The Morgan fingerprint density at radius 3 is 2.58 bits per heavy atom. The van der Waals surface area contributed by atoms with E-state index in [1.54, 1.807) is 18.2 Å². The number of hydrogen-bond donors (Lipinski definition) is 0. The number of nitrogens with zero attached hydrogens (tertiary/aromatic N) is 2. The van der Waals surface area contributed by atoms with Crippen LogP contribution in [0, 0.1) is 0 Å². The maximum absolute atomic E-state index is 12.0. The van der Waals surface area contributed by atoms with Gasteiger partial charge in [-0.3, -0.25) is 13.9 Å². The Morgan fingerprint density at radius 2 is 1.79 bits per heavy atom. The van der Waals surface area contributed by atoms with Crippen molar-refractivity contribution in [1.29, 1.82) is 0 Å². The minimum atomic E-state index is -0.399. The molecule has 2 aromatic rings. The first-order chi connectivity index (χ1) is 9.16. The molecule has 0 spiro atoms. The van der Waals surface area contributed by atoms with Crippen LogP contribution in [0.15, 0.2) is 40.1 Å². The summed E-state index contributed by atoms with van der Waals surface area (Å²) in [5.41, 5.74) is -0.104. The molecule has 0 amide bonds. The summed E-state index contributed by atoms with van der Waals surface area (Å²) >= 11 is 0. The van der Waals surface area contributed by atoms with Gasteiger partial charge in [0, 0.05) is 25.4 Å². The van der Waals surface area contributed by atoms with E-state index in [-0.39, 0.29) is 5.56 Å². The standard InChI is InChI=1S/C13H12N2O4/c1-14-12(16)4-5-15(13(14)17)9-2-3-10-11(8-9)19-7-6-18-10/h2-5,8H,6-7H2,1H3. The van der Waals surface area contributed by atoms with Gasteiger partial charge in [0.25, 0.3) is 5.56 Å². The van der Waals surface area contributed by atoms with E-state index in [0.29, 0.717) is 30.4 Å². The van der Waals surface area contributed by atoms with Crippen LogP contribution in [0.1, 0.15) is 0 Å². The van der Waals surface area contributed by atoms with Crippen molar-refractivity contribution in [1.82, 2.24) is 9.13 Å². The van der Waals surface area contributed by atoms with Crippen LogP contribution in [0.3, 0.4) is 0 Å². The second-order valence-corrected chi connectivity index (χ2v) is 4.19. The molecule has 1 aliphatic rings.